The predicted molar refractivity (Wildman–Crippen MR) is 89.0 cm³/mol. The van der Waals surface area contributed by atoms with E-state index in [0.717, 1.165) is 5.56 Å². The molecule has 0 saturated carbocycles. The van der Waals surface area contributed by atoms with Crippen LogP contribution in [0.2, 0.25) is 0 Å². The van der Waals surface area contributed by atoms with Gasteiger partial charge in [-0.1, -0.05) is 12.1 Å². The van der Waals surface area contributed by atoms with Gasteiger partial charge in [-0.05, 0) is 43.0 Å². The minimum atomic E-state index is -2.96. The maximum atomic E-state index is 14.7. The minimum Gasteiger partial charge on any atom is -0.295 e. The molecule has 0 bridgehead atoms. The number of benzene rings is 1. The summed E-state index contributed by atoms with van der Waals surface area (Å²) < 4.78 is 43.2. The first kappa shape index (κ1) is 15.6. The average Bonchev–Trinajstić information content (AvgIpc) is 3.02. The van der Waals surface area contributed by atoms with Crippen molar-refractivity contribution >= 4 is 22.2 Å². The number of halogens is 3. The number of aromatic nitrogens is 1. The maximum Gasteiger partial charge on any atom is 0.291 e. The number of fused-ring (bicyclic) bond motifs is 2. The number of hydrogen-bond acceptors (Lipinski definition) is 3. The lowest BCUT2D eigenvalue weighted by atomic mass is 9.82. The van der Waals surface area contributed by atoms with Gasteiger partial charge in [-0.15, -0.1) is 11.3 Å². The Bertz CT molecular complexity index is 933. The average molecular weight is 348 g/mol. The zero-order valence-corrected chi connectivity index (χ0v) is 13.9. The van der Waals surface area contributed by atoms with Crippen LogP contribution in [0, 0.1) is 5.82 Å². The van der Waals surface area contributed by atoms with Crippen LogP contribution < -0.4 is 5.32 Å². The van der Waals surface area contributed by atoms with Gasteiger partial charge in [0, 0.05) is 22.0 Å². The van der Waals surface area contributed by atoms with Gasteiger partial charge in [0.15, 0.2) is 0 Å². The number of nitrogens with zero attached hydrogens (tertiary/aromatic N) is 1. The normalized spacial score (nSPS) is 21.6. The van der Waals surface area contributed by atoms with Crippen molar-refractivity contribution < 1.29 is 13.2 Å². The molecule has 0 saturated heterocycles. The molecule has 0 amide bonds. The second-order valence-corrected chi connectivity index (χ2v) is 7.50. The largest absolute Gasteiger partial charge is 0.295 e. The summed E-state index contributed by atoms with van der Waals surface area (Å²) in [6.45, 7) is 2.99. The van der Waals surface area contributed by atoms with Gasteiger partial charge in [-0.2, -0.15) is 8.78 Å². The topological polar surface area (TPSA) is 24.9 Å². The zero-order valence-electron chi connectivity index (χ0n) is 13.1. The molecule has 1 aliphatic rings. The predicted octanol–water partition coefficient (Wildman–Crippen LogP) is 5.00. The van der Waals surface area contributed by atoms with Crippen LogP contribution >= 0.6 is 11.3 Å². The SMILES string of the molecule is CC1(C)NC(c2cnc3c(F)cccc3c2)c2sccc2C1(F)F. The first-order valence-electron chi connectivity index (χ1n) is 7.59. The highest BCUT2D eigenvalue weighted by molar-refractivity contribution is 7.10. The molecule has 1 aromatic carbocycles. The van der Waals surface area contributed by atoms with Gasteiger partial charge in [0.05, 0.1) is 11.6 Å². The second-order valence-electron chi connectivity index (χ2n) is 6.56. The molecule has 1 atom stereocenters. The van der Waals surface area contributed by atoms with Crippen molar-refractivity contribution in [3.8, 4) is 0 Å². The van der Waals surface area contributed by atoms with Crippen molar-refractivity contribution in [3.05, 3.63) is 63.7 Å². The molecule has 3 aromatic rings. The Kier molecular flexibility index (Phi) is 3.27. The molecule has 124 valence electrons. The van der Waals surface area contributed by atoms with Crippen LogP contribution in [0.15, 0.2) is 41.9 Å². The fourth-order valence-electron chi connectivity index (χ4n) is 3.19. The molecule has 0 radical (unpaired) electrons. The van der Waals surface area contributed by atoms with Crippen molar-refractivity contribution in [2.24, 2.45) is 0 Å². The molecule has 1 unspecified atom stereocenters. The van der Waals surface area contributed by atoms with Crippen molar-refractivity contribution in [3.63, 3.8) is 0 Å². The van der Waals surface area contributed by atoms with Crippen molar-refractivity contribution in [1.29, 1.82) is 0 Å². The monoisotopic (exact) mass is 348 g/mol. The molecular weight excluding hydrogens is 333 g/mol. The molecule has 1 N–H and O–H groups in total. The molecule has 24 heavy (non-hydrogen) atoms. The number of thiophene rings is 1. The van der Waals surface area contributed by atoms with Gasteiger partial charge < -0.3 is 0 Å². The fraction of sp³-hybridized carbons (Fsp3) is 0.278. The van der Waals surface area contributed by atoms with E-state index in [9.17, 15) is 13.2 Å². The van der Waals surface area contributed by atoms with Crippen LogP contribution in [0.4, 0.5) is 13.2 Å². The Balaban J connectivity index is 1.88. The van der Waals surface area contributed by atoms with E-state index in [-0.39, 0.29) is 16.9 Å². The Morgan fingerprint density at radius 3 is 2.79 bits per heavy atom. The molecule has 0 spiro atoms. The summed E-state index contributed by atoms with van der Waals surface area (Å²) in [7, 11) is 0. The van der Waals surface area contributed by atoms with E-state index in [1.165, 1.54) is 37.3 Å². The summed E-state index contributed by atoms with van der Waals surface area (Å²) in [5, 5.41) is 5.39. The molecule has 2 nitrogen and oxygen atoms in total. The molecule has 0 fully saturated rings. The molecule has 4 rings (SSSR count). The summed E-state index contributed by atoms with van der Waals surface area (Å²) in [6.07, 6.45) is 1.56. The van der Waals surface area contributed by atoms with E-state index in [1.54, 1.807) is 23.7 Å². The summed E-state index contributed by atoms with van der Waals surface area (Å²) in [5.74, 6) is -3.35. The lowest BCUT2D eigenvalue weighted by molar-refractivity contribution is -0.0941. The van der Waals surface area contributed by atoms with Crippen molar-refractivity contribution in [2.45, 2.75) is 31.4 Å². The quantitative estimate of drug-likeness (QED) is 0.669. The standard InChI is InChI=1S/C18H15F3N2S/c1-17(2)18(20,21)12-6-7-24-16(12)15(23-17)11-8-10-4-3-5-13(19)14(10)22-9-11/h3-9,15,23H,1-2H3. The van der Waals surface area contributed by atoms with E-state index in [1.807, 2.05) is 6.07 Å². The maximum absolute atomic E-state index is 14.7. The Hall–Kier alpha value is -1.92. The molecule has 3 heterocycles. The van der Waals surface area contributed by atoms with Gasteiger partial charge in [-0.3, -0.25) is 10.3 Å². The first-order valence-corrected chi connectivity index (χ1v) is 8.47. The van der Waals surface area contributed by atoms with Crippen LogP contribution in [-0.2, 0) is 5.92 Å². The van der Waals surface area contributed by atoms with E-state index < -0.39 is 17.5 Å². The van der Waals surface area contributed by atoms with Crippen LogP contribution in [0.1, 0.15) is 35.9 Å². The second kappa shape index (κ2) is 5.04. The van der Waals surface area contributed by atoms with E-state index >= 15 is 0 Å². The number of pyridine rings is 1. The highest BCUT2D eigenvalue weighted by Gasteiger charge is 2.54. The third-order valence-electron chi connectivity index (χ3n) is 4.60. The molecule has 0 aliphatic carbocycles. The summed E-state index contributed by atoms with van der Waals surface area (Å²) in [5.41, 5.74) is -0.308. The summed E-state index contributed by atoms with van der Waals surface area (Å²) in [4.78, 5) is 4.78. The molecular formula is C18H15F3N2S. The highest BCUT2D eigenvalue weighted by atomic mass is 32.1. The van der Waals surface area contributed by atoms with Crippen LogP contribution in [0.3, 0.4) is 0 Å². The van der Waals surface area contributed by atoms with Gasteiger partial charge >= 0.3 is 0 Å². The van der Waals surface area contributed by atoms with Gasteiger partial charge in [0.1, 0.15) is 11.3 Å². The minimum absolute atomic E-state index is 0.0561. The number of para-hydroxylation sites is 1. The van der Waals surface area contributed by atoms with Gasteiger partial charge in [0.2, 0.25) is 0 Å². The smallest absolute Gasteiger partial charge is 0.291 e. The fourth-order valence-corrected chi connectivity index (χ4v) is 4.20. The zero-order chi connectivity index (χ0) is 17.1. The van der Waals surface area contributed by atoms with E-state index in [4.69, 9.17) is 0 Å². The van der Waals surface area contributed by atoms with Gasteiger partial charge in [0.25, 0.3) is 5.92 Å². The van der Waals surface area contributed by atoms with Crippen molar-refractivity contribution in [2.75, 3.05) is 0 Å². The molecule has 6 heteroatoms. The number of alkyl halides is 2. The van der Waals surface area contributed by atoms with E-state index in [2.05, 4.69) is 10.3 Å². The number of rotatable bonds is 1. The third kappa shape index (κ3) is 2.09. The Labute approximate surface area is 141 Å². The highest BCUT2D eigenvalue weighted by Crippen LogP contribution is 2.50. The number of hydrogen-bond donors (Lipinski definition) is 1. The van der Waals surface area contributed by atoms with Crippen LogP contribution in [-0.4, -0.2) is 10.5 Å². The lowest BCUT2D eigenvalue weighted by Crippen LogP contribution is -2.57. The Morgan fingerprint density at radius 1 is 1.21 bits per heavy atom. The first-order chi connectivity index (χ1) is 11.3. The molecule has 1 aliphatic heterocycles. The van der Waals surface area contributed by atoms with Gasteiger partial charge in [-0.25, -0.2) is 4.39 Å². The lowest BCUT2D eigenvalue weighted by Gasteiger charge is -2.43. The Morgan fingerprint density at radius 2 is 2.00 bits per heavy atom. The summed E-state index contributed by atoms with van der Waals surface area (Å²) in [6, 6.07) is 7.65. The third-order valence-corrected chi connectivity index (χ3v) is 5.58. The number of nitrogens with one attached hydrogen (secondary N) is 1. The van der Waals surface area contributed by atoms with Crippen molar-refractivity contribution in [1.82, 2.24) is 10.3 Å². The van der Waals surface area contributed by atoms with Crippen LogP contribution in [0.5, 0.6) is 0 Å². The van der Waals surface area contributed by atoms with E-state index in [0.29, 0.717) is 10.3 Å². The molecule has 2 aromatic heterocycles. The van der Waals surface area contributed by atoms with Crippen LogP contribution in [0.25, 0.3) is 10.9 Å². The summed E-state index contributed by atoms with van der Waals surface area (Å²) >= 11 is 1.30.